The Morgan fingerprint density at radius 1 is 1.21 bits per heavy atom. The Labute approximate surface area is 190 Å². The summed E-state index contributed by atoms with van der Waals surface area (Å²) in [6.45, 7) is 7.19. The number of hydrogen-bond donors (Lipinski definition) is 2. The number of ether oxygens (including phenoxy) is 1. The summed E-state index contributed by atoms with van der Waals surface area (Å²) in [5, 5.41) is 3.31. The number of benzene rings is 1. The predicted molar refractivity (Wildman–Crippen MR) is 120 cm³/mol. The number of rotatable bonds is 7. The van der Waals surface area contributed by atoms with Gasteiger partial charge in [-0.25, -0.2) is 0 Å². The maximum absolute atomic E-state index is 12.3. The predicted octanol–water partition coefficient (Wildman–Crippen LogP) is 1.94. The number of amides is 2. The van der Waals surface area contributed by atoms with E-state index < -0.39 is 6.04 Å². The molecule has 0 aliphatic carbocycles. The van der Waals surface area contributed by atoms with Crippen molar-refractivity contribution >= 4 is 48.2 Å². The van der Waals surface area contributed by atoms with Gasteiger partial charge in [0.05, 0.1) is 19.7 Å². The number of nitrogens with one attached hydrogen (secondary N) is 1. The fourth-order valence-corrected chi connectivity index (χ4v) is 3.16. The second kappa shape index (κ2) is 13.1. The van der Waals surface area contributed by atoms with Crippen molar-refractivity contribution in [2.75, 3.05) is 39.8 Å². The average molecular weight is 470 g/mol. The van der Waals surface area contributed by atoms with Crippen LogP contribution in [-0.2, 0) is 16.1 Å². The van der Waals surface area contributed by atoms with Crippen LogP contribution in [0.3, 0.4) is 0 Å². The minimum atomic E-state index is -0.595. The first-order valence-corrected chi connectivity index (χ1v) is 9.55. The molecule has 10 heteroatoms. The minimum absolute atomic E-state index is 0. The second-order valence-electron chi connectivity index (χ2n) is 7.10. The molecule has 1 atom stereocenters. The van der Waals surface area contributed by atoms with E-state index in [0.717, 1.165) is 24.4 Å². The van der Waals surface area contributed by atoms with E-state index in [1.165, 1.54) is 0 Å². The average Bonchev–Trinajstić information content (AvgIpc) is 2.66. The van der Waals surface area contributed by atoms with E-state index in [2.05, 4.69) is 10.2 Å². The summed E-state index contributed by atoms with van der Waals surface area (Å²) in [5.74, 6) is 0.471. The van der Waals surface area contributed by atoms with E-state index in [4.69, 9.17) is 22.1 Å². The molecule has 1 fully saturated rings. The van der Waals surface area contributed by atoms with Gasteiger partial charge in [-0.05, 0) is 24.1 Å². The maximum Gasteiger partial charge on any atom is 0.242 e. The van der Waals surface area contributed by atoms with E-state index in [9.17, 15) is 9.59 Å². The highest BCUT2D eigenvalue weighted by molar-refractivity contribution is 6.30. The highest BCUT2D eigenvalue weighted by Crippen LogP contribution is 2.24. The lowest BCUT2D eigenvalue weighted by molar-refractivity contribution is -0.134. The minimum Gasteiger partial charge on any atom is -0.496 e. The molecular weight excluding hydrogens is 439 g/mol. The van der Waals surface area contributed by atoms with Crippen LogP contribution in [0.2, 0.25) is 5.02 Å². The van der Waals surface area contributed by atoms with Crippen molar-refractivity contribution in [1.82, 2.24) is 15.1 Å². The molecule has 2 amide bonds. The number of hydrogen-bond acceptors (Lipinski definition) is 5. The van der Waals surface area contributed by atoms with Crippen LogP contribution in [0.5, 0.6) is 5.75 Å². The van der Waals surface area contributed by atoms with Crippen LogP contribution < -0.4 is 15.8 Å². The summed E-state index contributed by atoms with van der Waals surface area (Å²) in [7, 11) is 1.64. The summed E-state index contributed by atoms with van der Waals surface area (Å²) < 4.78 is 5.39. The smallest absolute Gasteiger partial charge is 0.242 e. The summed E-state index contributed by atoms with van der Waals surface area (Å²) in [6.07, 6.45) is 0. The first-order chi connectivity index (χ1) is 12.8. The Morgan fingerprint density at radius 3 is 2.38 bits per heavy atom. The third-order valence-corrected chi connectivity index (χ3v) is 5.03. The Bertz CT molecular complexity index is 668. The van der Waals surface area contributed by atoms with Gasteiger partial charge in [0.15, 0.2) is 0 Å². The molecule has 0 bridgehead atoms. The largest absolute Gasteiger partial charge is 0.496 e. The first kappa shape index (κ1) is 27.8. The zero-order valence-corrected chi connectivity index (χ0v) is 19.4. The van der Waals surface area contributed by atoms with Gasteiger partial charge < -0.3 is 20.7 Å². The third kappa shape index (κ3) is 8.18. The molecule has 0 saturated carbocycles. The molecule has 1 aliphatic rings. The van der Waals surface area contributed by atoms with Crippen molar-refractivity contribution in [3.8, 4) is 5.75 Å². The van der Waals surface area contributed by atoms with E-state index >= 15 is 0 Å². The molecule has 166 valence electrons. The summed E-state index contributed by atoms with van der Waals surface area (Å²) in [5.41, 5.74) is 6.81. The van der Waals surface area contributed by atoms with Crippen LogP contribution in [-0.4, -0.2) is 67.5 Å². The van der Waals surface area contributed by atoms with Crippen LogP contribution in [0.15, 0.2) is 18.2 Å². The quantitative estimate of drug-likeness (QED) is 0.637. The maximum atomic E-state index is 12.3. The lowest BCUT2D eigenvalue weighted by Crippen LogP contribution is -2.52. The molecule has 3 N–H and O–H groups in total. The number of methoxy groups -OCH3 is 1. The van der Waals surface area contributed by atoms with Gasteiger partial charge in [-0.15, -0.1) is 24.8 Å². The van der Waals surface area contributed by atoms with Crippen molar-refractivity contribution in [3.63, 3.8) is 0 Å². The number of nitrogens with zero attached hydrogens (tertiary/aromatic N) is 2. The summed E-state index contributed by atoms with van der Waals surface area (Å²) in [4.78, 5) is 28.2. The number of piperazine rings is 1. The molecular formula is C19H31Cl3N4O3. The van der Waals surface area contributed by atoms with Crippen molar-refractivity contribution < 1.29 is 14.3 Å². The molecule has 7 nitrogen and oxygen atoms in total. The number of carbonyl (C=O) groups is 2. The van der Waals surface area contributed by atoms with Gasteiger partial charge >= 0.3 is 0 Å². The zero-order valence-electron chi connectivity index (χ0n) is 17.0. The van der Waals surface area contributed by atoms with Crippen molar-refractivity contribution in [1.29, 1.82) is 0 Å². The highest BCUT2D eigenvalue weighted by atomic mass is 35.5. The molecule has 1 aliphatic heterocycles. The van der Waals surface area contributed by atoms with Crippen LogP contribution in [0.4, 0.5) is 0 Å². The Balaban J connectivity index is 0.00000392. The Morgan fingerprint density at radius 2 is 1.83 bits per heavy atom. The number of carbonyl (C=O) groups excluding carboxylic acids is 2. The fourth-order valence-electron chi connectivity index (χ4n) is 2.96. The van der Waals surface area contributed by atoms with Gasteiger partial charge in [0, 0.05) is 43.3 Å². The molecule has 1 aromatic rings. The molecule has 1 heterocycles. The van der Waals surface area contributed by atoms with Crippen molar-refractivity contribution in [2.45, 2.75) is 26.4 Å². The first-order valence-electron chi connectivity index (χ1n) is 9.17. The van der Waals surface area contributed by atoms with Gasteiger partial charge in [0.2, 0.25) is 11.8 Å². The lowest BCUT2D eigenvalue weighted by Gasteiger charge is -2.35. The van der Waals surface area contributed by atoms with E-state index in [-0.39, 0.29) is 49.1 Å². The van der Waals surface area contributed by atoms with Crippen LogP contribution in [0, 0.1) is 5.92 Å². The van der Waals surface area contributed by atoms with Gasteiger partial charge in [-0.1, -0.05) is 25.4 Å². The molecule has 2 rings (SSSR count). The summed E-state index contributed by atoms with van der Waals surface area (Å²) in [6, 6.07) is 4.98. The van der Waals surface area contributed by atoms with Crippen LogP contribution in [0.1, 0.15) is 19.4 Å². The summed E-state index contributed by atoms with van der Waals surface area (Å²) >= 11 is 6.09. The normalized spacial score (nSPS) is 15.2. The van der Waals surface area contributed by atoms with E-state index in [1.54, 1.807) is 18.1 Å². The van der Waals surface area contributed by atoms with Crippen molar-refractivity contribution in [2.24, 2.45) is 11.7 Å². The van der Waals surface area contributed by atoms with Gasteiger partial charge in [0.25, 0.3) is 0 Å². The Kier molecular flexibility index (Phi) is 12.6. The van der Waals surface area contributed by atoms with Gasteiger partial charge in [-0.3, -0.25) is 14.5 Å². The van der Waals surface area contributed by atoms with Gasteiger partial charge in [-0.2, -0.15) is 0 Å². The molecule has 1 saturated heterocycles. The topological polar surface area (TPSA) is 87.9 Å². The van der Waals surface area contributed by atoms with Crippen LogP contribution in [0.25, 0.3) is 0 Å². The SMILES string of the molecule is COc1ccc(Cl)cc1CN1CCN(C(=O)CNC(=O)[C@@H](N)C(C)C)CC1.Cl.Cl. The van der Waals surface area contributed by atoms with Gasteiger partial charge in [0.1, 0.15) is 5.75 Å². The van der Waals surface area contributed by atoms with E-state index in [0.29, 0.717) is 24.7 Å². The standard InChI is InChI=1S/C19H29ClN4O3.2ClH/c1-13(2)18(21)19(26)22-11-17(25)24-8-6-23(7-9-24)12-14-10-15(20)4-5-16(14)27-3;;/h4-5,10,13,18H,6-9,11-12,21H2,1-3H3,(H,22,26);2*1H/t18-;;/m0../s1. The monoisotopic (exact) mass is 468 g/mol. The molecule has 0 spiro atoms. The molecule has 0 aromatic heterocycles. The highest BCUT2D eigenvalue weighted by Gasteiger charge is 2.23. The van der Waals surface area contributed by atoms with Crippen molar-refractivity contribution in [3.05, 3.63) is 28.8 Å². The Hall–Kier alpha value is -1.25. The second-order valence-corrected chi connectivity index (χ2v) is 7.54. The molecule has 0 radical (unpaired) electrons. The lowest BCUT2D eigenvalue weighted by atomic mass is 10.1. The zero-order chi connectivity index (χ0) is 20.0. The molecule has 1 aromatic carbocycles. The fraction of sp³-hybridized carbons (Fsp3) is 0.579. The van der Waals surface area contributed by atoms with E-state index in [1.807, 2.05) is 26.0 Å². The number of nitrogens with two attached hydrogens (primary N) is 1. The molecule has 29 heavy (non-hydrogen) atoms. The molecule has 0 unspecified atom stereocenters. The van der Waals surface area contributed by atoms with Crippen LogP contribution >= 0.6 is 36.4 Å². The third-order valence-electron chi connectivity index (χ3n) is 4.80. The number of halogens is 3.